The molecule has 0 aliphatic heterocycles. The summed E-state index contributed by atoms with van der Waals surface area (Å²) in [5, 5.41) is 3.20. The van der Waals surface area contributed by atoms with Crippen molar-refractivity contribution in [1.82, 2.24) is 9.97 Å². The van der Waals surface area contributed by atoms with Crippen molar-refractivity contribution in [2.45, 2.75) is 33.8 Å². The maximum atomic E-state index is 5.43. The summed E-state index contributed by atoms with van der Waals surface area (Å²) in [5.74, 6) is 1.99. The number of rotatable bonds is 5. The molecule has 0 bridgehead atoms. The highest BCUT2D eigenvalue weighted by molar-refractivity contribution is 5.35. The highest BCUT2D eigenvalue weighted by Gasteiger charge is 2.18. The predicted octanol–water partition coefficient (Wildman–Crippen LogP) is 2.56. The van der Waals surface area contributed by atoms with Crippen LogP contribution < -0.4 is 5.32 Å². The first kappa shape index (κ1) is 12.9. The molecule has 0 aromatic carbocycles. The fraction of sp³-hybridized carbons (Fsp3) is 0.667. The molecule has 0 spiro atoms. The first-order chi connectivity index (χ1) is 7.58. The standard InChI is InChI=1S/C12H21N3O/c1-6-13-10-7-9(4)14-12(15-10)11(16-5)8(2)3/h7-8,11H,6H2,1-5H3,(H,13,14,15). The molecule has 1 N–H and O–H groups in total. The van der Waals surface area contributed by atoms with Crippen LogP contribution in [0.3, 0.4) is 0 Å². The number of nitrogens with zero attached hydrogens (tertiary/aromatic N) is 2. The Morgan fingerprint density at radius 2 is 2.06 bits per heavy atom. The quantitative estimate of drug-likeness (QED) is 0.833. The van der Waals surface area contributed by atoms with E-state index in [1.54, 1.807) is 7.11 Å². The molecule has 0 saturated heterocycles. The summed E-state index contributed by atoms with van der Waals surface area (Å²) in [4.78, 5) is 8.90. The van der Waals surface area contributed by atoms with Gasteiger partial charge in [0, 0.05) is 25.4 Å². The number of hydrogen-bond acceptors (Lipinski definition) is 4. The molecule has 16 heavy (non-hydrogen) atoms. The monoisotopic (exact) mass is 223 g/mol. The second-order valence-electron chi connectivity index (χ2n) is 4.18. The molecule has 1 atom stereocenters. The van der Waals surface area contributed by atoms with E-state index >= 15 is 0 Å². The van der Waals surface area contributed by atoms with Gasteiger partial charge in [0.25, 0.3) is 0 Å². The Kier molecular flexibility index (Phi) is 4.68. The summed E-state index contributed by atoms with van der Waals surface area (Å²) in [5.41, 5.74) is 0.962. The zero-order valence-electron chi connectivity index (χ0n) is 10.7. The number of ether oxygens (including phenoxy) is 1. The van der Waals surface area contributed by atoms with E-state index in [0.29, 0.717) is 5.92 Å². The Morgan fingerprint density at radius 3 is 2.56 bits per heavy atom. The molecular formula is C12H21N3O. The Bertz CT molecular complexity index is 339. The third-order valence-electron chi connectivity index (χ3n) is 2.34. The predicted molar refractivity (Wildman–Crippen MR) is 65.5 cm³/mol. The fourth-order valence-electron chi connectivity index (χ4n) is 1.67. The smallest absolute Gasteiger partial charge is 0.159 e. The number of aromatic nitrogens is 2. The molecule has 1 heterocycles. The van der Waals surface area contributed by atoms with Gasteiger partial charge in [-0.05, 0) is 19.8 Å². The van der Waals surface area contributed by atoms with Crippen LogP contribution in [-0.4, -0.2) is 23.6 Å². The minimum Gasteiger partial charge on any atom is -0.373 e. The van der Waals surface area contributed by atoms with Crippen molar-refractivity contribution in [3.63, 3.8) is 0 Å². The van der Waals surface area contributed by atoms with Crippen LogP contribution in [0.4, 0.5) is 5.82 Å². The van der Waals surface area contributed by atoms with Gasteiger partial charge >= 0.3 is 0 Å². The van der Waals surface area contributed by atoms with Crippen LogP contribution in [0.2, 0.25) is 0 Å². The normalized spacial score (nSPS) is 12.9. The van der Waals surface area contributed by atoms with Gasteiger partial charge in [-0.25, -0.2) is 9.97 Å². The molecule has 90 valence electrons. The van der Waals surface area contributed by atoms with Gasteiger partial charge in [-0.3, -0.25) is 0 Å². The zero-order chi connectivity index (χ0) is 12.1. The lowest BCUT2D eigenvalue weighted by Crippen LogP contribution is -2.14. The molecule has 0 saturated carbocycles. The van der Waals surface area contributed by atoms with Crippen molar-refractivity contribution < 1.29 is 4.74 Å². The molecule has 0 fully saturated rings. The molecule has 0 radical (unpaired) electrons. The largest absolute Gasteiger partial charge is 0.373 e. The molecule has 1 unspecified atom stereocenters. The number of anilines is 1. The Hall–Kier alpha value is -1.16. The van der Waals surface area contributed by atoms with Gasteiger partial charge in [-0.2, -0.15) is 0 Å². The molecular weight excluding hydrogens is 202 g/mol. The van der Waals surface area contributed by atoms with Crippen molar-refractivity contribution in [3.05, 3.63) is 17.6 Å². The van der Waals surface area contributed by atoms with Crippen molar-refractivity contribution in [3.8, 4) is 0 Å². The third-order valence-corrected chi connectivity index (χ3v) is 2.34. The van der Waals surface area contributed by atoms with E-state index in [9.17, 15) is 0 Å². The third kappa shape index (κ3) is 3.17. The van der Waals surface area contributed by atoms with Gasteiger partial charge < -0.3 is 10.1 Å². The average molecular weight is 223 g/mol. The molecule has 1 rings (SSSR count). The van der Waals surface area contributed by atoms with Crippen LogP contribution in [0.5, 0.6) is 0 Å². The van der Waals surface area contributed by atoms with Gasteiger partial charge in [-0.15, -0.1) is 0 Å². The van der Waals surface area contributed by atoms with E-state index < -0.39 is 0 Å². The van der Waals surface area contributed by atoms with Crippen LogP contribution in [0.1, 0.15) is 38.4 Å². The summed E-state index contributed by atoms with van der Waals surface area (Å²) >= 11 is 0. The lowest BCUT2D eigenvalue weighted by Gasteiger charge is -2.18. The van der Waals surface area contributed by atoms with Crippen molar-refractivity contribution in [1.29, 1.82) is 0 Å². The summed E-state index contributed by atoms with van der Waals surface area (Å²) in [6, 6.07) is 1.94. The fourth-order valence-corrected chi connectivity index (χ4v) is 1.67. The van der Waals surface area contributed by atoms with E-state index in [2.05, 4.69) is 29.1 Å². The first-order valence-corrected chi connectivity index (χ1v) is 5.70. The molecule has 1 aromatic heterocycles. The topological polar surface area (TPSA) is 47.0 Å². The zero-order valence-corrected chi connectivity index (χ0v) is 10.7. The van der Waals surface area contributed by atoms with Crippen molar-refractivity contribution in [2.75, 3.05) is 19.0 Å². The van der Waals surface area contributed by atoms with Crippen LogP contribution in [0, 0.1) is 12.8 Å². The summed E-state index contributed by atoms with van der Waals surface area (Å²) in [6.45, 7) is 9.08. The van der Waals surface area contributed by atoms with E-state index in [0.717, 1.165) is 23.9 Å². The summed E-state index contributed by atoms with van der Waals surface area (Å²) < 4.78 is 5.43. The molecule has 4 heteroatoms. The SMILES string of the molecule is CCNc1cc(C)nc(C(OC)C(C)C)n1. The maximum Gasteiger partial charge on any atom is 0.159 e. The number of methoxy groups -OCH3 is 1. The molecule has 1 aromatic rings. The minimum atomic E-state index is -0.0442. The Labute approximate surface area is 97.5 Å². The van der Waals surface area contributed by atoms with E-state index in [1.165, 1.54) is 0 Å². The highest BCUT2D eigenvalue weighted by Crippen LogP contribution is 2.23. The first-order valence-electron chi connectivity index (χ1n) is 5.70. The van der Waals surface area contributed by atoms with Gasteiger partial charge in [0.1, 0.15) is 11.9 Å². The maximum absolute atomic E-state index is 5.43. The van der Waals surface area contributed by atoms with Gasteiger partial charge in [0.2, 0.25) is 0 Å². The van der Waals surface area contributed by atoms with Crippen LogP contribution in [0.25, 0.3) is 0 Å². The van der Waals surface area contributed by atoms with Crippen molar-refractivity contribution >= 4 is 5.82 Å². The van der Waals surface area contributed by atoms with Gasteiger partial charge in [-0.1, -0.05) is 13.8 Å². The molecule has 0 aliphatic rings. The lowest BCUT2D eigenvalue weighted by atomic mass is 10.1. The summed E-state index contributed by atoms with van der Waals surface area (Å²) in [7, 11) is 1.70. The van der Waals surface area contributed by atoms with E-state index in [-0.39, 0.29) is 6.10 Å². The highest BCUT2D eigenvalue weighted by atomic mass is 16.5. The Morgan fingerprint density at radius 1 is 1.38 bits per heavy atom. The van der Waals surface area contributed by atoms with Crippen LogP contribution in [-0.2, 0) is 4.74 Å². The van der Waals surface area contributed by atoms with Gasteiger partial charge in [0.05, 0.1) is 0 Å². The van der Waals surface area contributed by atoms with Crippen LogP contribution in [0.15, 0.2) is 6.07 Å². The summed E-state index contributed by atoms with van der Waals surface area (Å²) in [6.07, 6.45) is -0.0442. The second-order valence-corrected chi connectivity index (χ2v) is 4.18. The lowest BCUT2D eigenvalue weighted by molar-refractivity contribution is 0.0574. The number of aryl methyl sites for hydroxylation is 1. The minimum absolute atomic E-state index is 0.0442. The number of hydrogen-bond donors (Lipinski definition) is 1. The molecule has 0 amide bonds. The molecule has 4 nitrogen and oxygen atoms in total. The molecule has 0 aliphatic carbocycles. The van der Waals surface area contributed by atoms with Crippen LogP contribution >= 0.6 is 0 Å². The number of nitrogens with one attached hydrogen (secondary N) is 1. The van der Waals surface area contributed by atoms with E-state index in [4.69, 9.17) is 4.74 Å². The average Bonchev–Trinajstić information content (AvgIpc) is 2.17. The van der Waals surface area contributed by atoms with Gasteiger partial charge in [0.15, 0.2) is 5.82 Å². The van der Waals surface area contributed by atoms with Crippen molar-refractivity contribution in [2.24, 2.45) is 5.92 Å². The Balaban J connectivity index is 3.02. The van der Waals surface area contributed by atoms with E-state index in [1.807, 2.05) is 19.9 Å². The second kappa shape index (κ2) is 5.80.